The number of benzene rings is 1. The lowest BCUT2D eigenvalue weighted by Gasteiger charge is -2.14. The smallest absolute Gasteiger partial charge is 0.341 e. The number of nitrogens with zero attached hydrogens (tertiary/aromatic N) is 1. The lowest BCUT2D eigenvalue weighted by Crippen LogP contribution is -2.39. The highest BCUT2D eigenvalue weighted by atomic mass is 16.7. The van der Waals surface area contributed by atoms with Crippen LogP contribution in [0.5, 0.6) is 5.75 Å². The lowest BCUT2D eigenvalue weighted by molar-refractivity contribution is -0.0663. The summed E-state index contributed by atoms with van der Waals surface area (Å²) in [5.74, 6) is 0.805. The molecule has 1 fully saturated rings. The van der Waals surface area contributed by atoms with Gasteiger partial charge in [0.2, 0.25) is 0 Å². The Morgan fingerprint density at radius 1 is 1.41 bits per heavy atom. The van der Waals surface area contributed by atoms with Gasteiger partial charge in [-0.05, 0) is 18.6 Å². The number of carbonyl (C=O) groups is 1. The van der Waals surface area contributed by atoms with Crippen LogP contribution < -0.4 is 10.1 Å². The molecule has 0 aromatic heterocycles. The van der Waals surface area contributed by atoms with Gasteiger partial charge in [-0.3, -0.25) is 4.84 Å². The molecule has 1 N–H and O–H groups in total. The molecule has 2 rings (SSSR count). The number of rotatable bonds is 4. The van der Waals surface area contributed by atoms with Crippen molar-refractivity contribution in [2.45, 2.75) is 6.42 Å². The second-order valence-corrected chi connectivity index (χ2v) is 3.68. The largest absolute Gasteiger partial charge is 0.492 e. The monoisotopic (exact) mass is 236 g/mol. The number of hydrogen-bond acceptors (Lipinski definition) is 3. The molecule has 0 bridgehead atoms. The van der Waals surface area contributed by atoms with E-state index in [0.717, 1.165) is 12.2 Å². The van der Waals surface area contributed by atoms with Crippen LogP contribution in [-0.2, 0) is 4.84 Å². The summed E-state index contributed by atoms with van der Waals surface area (Å²) in [4.78, 5) is 16.6. The maximum absolute atomic E-state index is 11.5. The molecule has 1 aliphatic heterocycles. The molecule has 1 heterocycles. The number of hydroxylamine groups is 2. The van der Waals surface area contributed by atoms with Crippen LogP contribution in [0.1, 0.15) is 6.42 Å². The van der Waals surface area contributed by atoms with Crippen molar-refractivity contribution < 1.29 is 14.4 Å². The molecular weight excluding hydrogens is 220 g/mol. The van der Waals surface area contributed by atoms with Crippen LogP contribution in [0.25, 0.3) is 0 Å². The Morgan fingerprint density at radius 2 is 2.24 bits per heavy atom. The van der Waals surface area contributed by atoms with E-state index in [2.05, 4.69) is 5.32 Å². The van der Waals surface area contributed by atoms with Gasteiger partial charge in [0.05, 0.1) is 19.7 Å². The third-order valence-electron chi connectivity index (χ3n) is 2.37. The third kappa shape index (κ3) is 3.64. The van der Waals surface area contributed by atoms with Crippen molar-refractivity contribution in [3.8, 4) is 5.75 Å². The van der Waals surface area contributed by atoms with Crippen molar-refractivity contribution >= 4 is 6.03 Å². The van der Waals surface area contributed by atoms with Crippen molar-refractivity contribution in [1.29, 1.82) is 0 Å². The molecule has 5 heteroatoms. The number of para-hydroxylation sites is 1. The summed E-state index contributed by atoms with van der Waals surface area (Å²) >= 11 is 0. The third-order valence-corrected chi connectivity index (χ3v) is 2.37. The van der Waals surface area contributed by atoms with E-state index in [4.69, 9.17) is 9.57 Å². The topological polar surface area (TPSA) is 50.8 Å². The van der Waals surface area contributed by atoms with Crippen molar-refractivity contribution in [2.75, 3.05) is 26.3 Å². The predicted molar refractivity (Wildman–Crippen MR) is 62.6 cm³/mol. The van der Waals surface area contributed by atoms with E-state index >= 15 is 0 Å². The molecule has 0 unspecified atom stereocenters. The average molecular weight is 236 g/mol. The van der Waals surface area contributed by atoms with Crippen molar-refractivity contribution in [2.24, 2.45) is 0 Å². The molecule has 0 spiro atoms. The first-order valence-electron chi connectivity index (χ1n) is 5.72. The highest BCUT2D eigenvalue weighted by Gasteiger charge is 2.18. The summed E-state index contributed by atoms with van der Waals surface area (Å²) in [5, 5.41) is 4.08. The fourth-order valence-electron chi connectivity index (χ4n) is 1.54. The molecule has 5 nitrogen and oxygen atoms in total. The van der Waals surface area contributed by atoms with Crippen molar-refractivity contribution in [1.82, 2.24) is 10.4 Å². The fourth-order valence-corrected chi connectivity index (χ4v) is 1.54. The van der Waals surface area contributed by atoms with Gasteiger partial charge in [-0.2, -0.15) is 0 Å². The van der Waals surface area contributed by atoms with Gasteiger partial charge in [0.15, 0.2) is 0 Å². The summed E-state index contributed by atoms with van der Waals surface area (Å²) in [6.45, 7) is 2.19. The van der Waals surface area contributed by atoms with Gasteiger partial charge >= 0.3 is 6.03 Å². The normalized spacial score (nSPS) is 14.7. The molecule has 1 aromatic rings. The molecular formula is C12H16N2O3. The molecule has 1 aliphatic rings. The fraction of sp³-hybridized carbons (Fsp3) is 0.417. The Morgan fingerprint density at radius 3 is 2.94 bits per heavy atom. The molecule has 0 radical (unpaired) electrons. The molecule has 92 valence electrons. The highest BCUT2D eigenvalue weighted by molar-refractivity contribution is 5.73. The Kier molecular flexibility index (Phi) is 4.21. The molecule has 2 amide bonds. The number of hydrogen-bond donors (Lipinski definition) is 1. The van der Waals surface area contributed by atoms with Gasteiger partial charge in [-0.15, -0.1) is 0 Å². The van der Waals surface area contributed by atoms with Gasteiger partial charge < -0.3 is 10.1 Å². The minimum Gasteiger partial charge on any atom is -0.492 e. The number of nitrogens with one attached hydrogen (secondary N) is 1. The van der Waals surface area contributed by atoms with E-state index in [1.807, 2.05) is 30.3 Å². The van der Waals surface area contributed by atoms with Crippen molar-refractivity contribution in [3.63, 3.8) is 0 Å². The van der Waals surface area contributed by atoms with Crippen LogP contribution in [0.3, 0.4) is 0 Å². The van der Waals surface area contributed by atoms with E-state index in [1.54, 1.807) is 0 Å². The van der Waals surface area contributed by atoms with Gasteiger partial charge in [-0.25, -0.2) is 9.86 Å². The maximum atomic E-state index is 11.5. The number of ether oxygens (including phenoxy) is 1. The maximum Gasteiger partial charge on any atom is 0.341 e. The summed E-state index contributed by atoms with van der Waals surface area (Å²) < 4.78 is 5.44. The Hall–Kier alpha value is -1.75. The summed E-state index contributed by atoms with van der Waals surface area (Å²) in [5.41, 5.74) is 0. The van der Waals surface area contributed by atoms with E-state index < -0.39 is 0 Å². The summed E-state index contributed by atoms with van der Waals surface area (Å²) in [6, 6.07) is 9.31. The van der Waals surface area contributed by atoms with E-state index in [0.29, 0.717) is 26.3 Å². The Balaban J connectivity index is 1.61. The highest BCUT2D eigenvalue weighted by Crippen LogP contribution is 2.07. The summed E-state index contributed by atoms with van der Waals surface area (Å²) in [7, 11) is 0. The zero-order chi connectivity index (χ0) is 11.9. The molecule has 0 atom stereocenters. The number of carbonyl (C=O) groups excluding carboxylic acids is 1. The van der Waals surface area contributed by atoms with E-state index in [1.165, 1.54) is 5.06 Å². The number of amides is 2. The van der Waals surface area contributed by atoms with Gasteiger partial charge in [-0.1, -0.05) is 18.2 Å². The average Bonchev–Trinajstić information content (AvgIpc) is 2.89. The second kappa shape index (κ2) is 6.10. The second-order valence-electron chi connectivity index (χ2n) is 3.68. The first-order chi connectivity index (χ1) is 8.36. The van der Waals surface area contributed by atoms with Crippen molar-refractivity contribution in [3.05, 3.63) is 30.3 Å². The van der Waals surface area contributed by atoms with Gasteiger partial charge in [0.25, 0.3) is 0 Å². The number of urea groups is 1. The minimum atomic E-state index is -0.195. The van der Waals surface area contributed by atoms with Crippen LogP contribution in [0.4, 0.5) is 4.79 Å². The molecule has 17 heavy (non-hydrogen) atoms. The Labute approximate surface area is 100 Å². The first kappa shape index (κ1) is 11.7. The standard InChI is InChI=1S/C12H16N2O3/c15-12(14-8-4-9-17-14)13-7-10-16-11-5-2-1-3-6-11/h1-3,5-6H,4,7-10H2,(H,13,15). The van der Waals surface area contributed by atoms with Gasteiger partial charge in [0.1, 0.15) is 12.4 Å². The predicted octanol–water partition coefficient (Wildman–Crippen LogP) is 1.41. The lowest BCUT2D eigenvalue weighted by atomic mass is 10.3. The van der Waals surface area contributed by atoms with Crippen LogP contribution in [-0.4, -0.2) is 37.4 Å². The zero-order valence-corrected chi connectivity index (χ0v) is 9.59. The van der Waals surface area contributed by atoms with Crippen LogP contribution in [0.2, 0.25) is 0 Å². The SMILES string of the molecule is O=C(NCCOc1ccccc1)N1CCCO1. The van der Waals surface area contributed by atoms with Gasteiger partial charge in [0, 0.05) is 0 Å². The molecule has 1 aromatic carbocycles. The minimum absolute atomic E-state index is 0.195. The van der Waals surface area contributed by atoms with Crippen LogP contribution >= 0.6 is 0 Å². The quantitative estimate of drug-likeness (QED) is 0.804. The molecule has 1 saturated heterocycles. The molecule has 0 saturated carbocycles. The van der Waals surface area contributed by atoms with Crippen LogP contribution in [0, 0.1) is 0 Å². The van der Waals surface area contributed by atoms with Crippen LogP contribution in [0.15, 0.2) is 30.3 Å². The Bertz CT molecular complexity index is 350. The summed E-state index contributed by atoms with van der Waals surface area (Å²) in [6.07, 6.45) is 0.897. The van der Waals surface area contributed by atoms with E-state index in [9.17, 15) is 4.79 Å². The first-order valence-corrected chi connectivity index (χ1v) is 5.72. The molecule has 0 aliphatic carbocycles. The zero-order valence-electron chi connectivity index (χ0n) is 9.59. The van der Waals surface area contributed by atoms with E-state index in [-0.39, 0.29) is 6.03 Å².